The summed E-state index contributed by atoms with van der Waals surface area (Å²) in [6.45, 7) is 46.3. The van der Waals surface area contributed by atoms with Crippen LogP contribution < -0.4 is 0 Å². The van der Waals surface area contributed by atoms with Gasteiger partial charge in [-0.2, -0.15) is 0 Å². The molecule has 0 aromatic carbocycles. The van der Waals surface area contributed by atoms with Crippen LogP contribution in [0.3, 0.4) is 0 Å². The number of fused-ring (bicyclic) bond motifs is 3. The second-order valence-corrected chi connectivity index (χ2v) is 45.4. The van der Waals surface area contributed by atoms with E-state index in [-0.39, 0.29) is 286 Å². The third-order valence-corrected chi connectivity index (χ3v) is 36.8. The predicted molar refractivity (Wildman–Crippen MR) is 562 cm³/mol. The highest BCUT2D eigenvalue weighted by atomic mass is 16.6. The van der Waals surface area contributed by atoms with Crippen molar-refractivity contribution in [3.8, 4) is 0 Å². The predicted octanol–water partition coefficient (Wildman–Crippen LogP) is 31.7. The Bertz CT molecular complexity index is 3340. The van der Waals surface area contributed by atoms with Gasteiger partial charge >= 0.3 is 53.7 Å². The van der Waals surface area contributed by atoms with Crippen LogP contribution in [0.25, 0.3) is 0 Å². The van der Waals surface area contributed by atoms with Crippen molar-refractivity contribution in [1.82, 2.24) is 0 Å². The number of ether oxygens (including phenoxy) is 9. The molecule has 3 heterocycles. The van der Waals surface area contributed by atoms with Crippen molar-refractivity contribution in [2.45, 2.75) is 538 Å². The quantitative estimate of drug-likeness (QED) is 0.0767. The third kappa shape index (κ3) is 24.6. The smallest absolute Gasteiger partial charge is 0.312 e. The number of carbonyl (C=O) groups is 9. The van der Waals surface area contributed by atoms with Crippen LogP contribution in [0, 0.1) is 157 Å². The molecule has 21 fully saturated rings. The lowest BCUT2D eigenvalue weighted by molar-refractivity contribution is -0.218. The number of hydrogen-bond donors (Lipinski definition) is 0. The molecule has 0 aromatic rings. The fourth-order valence-electron chi connectivity index (χ4n) is 26.9. The van der Waals surface area contributed by atoms with Gasteiger partial charge in [-0.15, -0.1) is 0 Å². The van der Waals surface area contributed by atoms with Crippen molar-refractivity contribution < 1.29 is 85.8 Å². The fraction of sp³-hybridized carbons (Fsp3) is 0.922. The van der Waals surface area contributed by atoms with E-state index in [1.807, 2.05) is 118 Å². The molecule has 0 N–H and O–H groups in total. The van der Waals surface area contributed by atoms with Gasteiger partial charge in [-0.05, 0) is 361 Å². The van der Waals surface area contributed by atoms with Gasteiger partial charge in [-0.25, -0.2) is 0 Å². The van der Waals surface area contributed by atoms with Gasteiger partial charge in [0, 0.05) is 35.5 Å². The van der Waals surface area contributed by atoms with Crippen LogP contribution in [0.15, 0.2) is 0 Å². The molecule has 134 heavy (non-hydrogen) atoms. The molecule has 18 aliphatic carbocycles. The monoisotopic (exact) mass is 1910 g/mol. The molecule has 18 bridgehead atoms. The molecule has 798 valence electrons. The van der Waals surface area contributed by atoms with Crippen LogP contribution in [0.5, 0.6) is 0 Å². The summed E-state index contributed by atoms with van der Waals surface area (Å²) in [5, 5.41) is 0. The number of carbonyl (C=O) groups excluding carboxylic acids is 9. The number of esters is 9. The number of hydrogen-bond acceptors (Lipinski definition) is 18. The van der Waals surface area contributed by atoms with Gasteiger partial charge in [0.05, 0.1) is 50.2 Å². The average Bonchev–Trinajstić information content (AvgIpc) is 1.75. The Morgan fingerprint density at radius 1 is 0.269 bits per heavy atom. The van der Waals surface area contributed by atoms with Gasteiger partial charge < -0.3 is 42.6 Å². The molecule has 0 spiro atoms. The van der Waals surface area contributed by atoms with E-state index < -0.39 is 27.4 Å². The first-order valence-electron chi connectivity index (χ1n) is 47.2. The lowest BCUT2D eigenvalue weighted by atomic mass is 9.49. The molecular weight excluding hydrogens is 1680 g/mol. The molecule has 15 atom stereocenters. The highest BCUT2D eigenvalue weighted by Crippen LogP contribution is 2.67. The topological polar surface area (TPSA) is 237 Å². The highest BCUT2D eigenvalue weighted by molar-refractivity contribution is 5.82. The van der Waals surface area contributed by atoms with E-state index in [0.717, 1.165) is 132 Å². The van der Waals surface area contributed by atoms with Crippen molar-refractivity contribution in [2.24, 2.45) is 157 Å². The average molecular weight is 1910 g/mol. The Morgan fingerprint density at radius 3 is 0.716 bits per heavy atom. The molecule has 0 radical (unpaired) electrons. The molecule has 15 unspecified atom stereocenters. The van der Waals surface area contributed by atoms with Crippen molar-refractivity contribution in [1.29, 1.82) is 0 Å². The summed E-state index contributed by atoms with van der Waals surface area (Å²) < 4.78 is 52.6. The van der Waals surface area contributed by atoms with E-state index in [2.05, 4.69) is 41.5 Å². The molecule has 0 aromatic heterocycles. The molecule has 21 aliphatic rings. The molecule has 3 aliphatic heterocycles. The minimum absolute atomic E-state index is 0. The lowest BCUT2D eigenvalue weighted by Crippen LogP contribution is -2.60. The first kappa shape index (κ1) is 140. The second kappa shape index (κ2) is 50.8. The van der Waals surface area contributed by atoms with Crippen LogP contribution >= 0.6 is 0 Å². The van der Waals surface area contributed by atoms with E-state index in [0.29, 0.717) is 47.3 Å². The van der Waals surface area contributed by atoms with Crippen LogP contribution in [-0.4, -0.2) is 106 Å². The van der Waals surface area contributed by atoms with E-state index in [9.17, 15) is 43.2 Å². The first-order chi connectivity index (χ1) is 54.2. The summed E-state index contributed by atoms with van der Waals surface area (Å²) in [6.07, 6.45) is 32.4. The summed E-state index contributed by atoms with van der Waals surface area (Å²) in [4.78, 5) is 110. The maximum atomic E-state index is 12.6. The van der Waals surface area contributed by atoms with Gasteiger partial charge in [0.1, 0.15) is 52.4 Å². The van der Waals surface area contributed by atoms with Gasteiger partial charge in [-0.3, -0.25) is 43.2 Å². The summed E-state index contributed by atoms with van der Waals surface area (Å²) >= 11 is 0. The first-order valence-corrected chi connectivity index (χ1v) is 47.2. The Morgan fingerprint density at radius 2 is 0.485 bits per heavy atom. The van der Waals surface area contributed by atoms with Gasteiger partial charge in [0.15, 0.2) is 0 Å². The van der Waals surface area contributed by atoms with Crippen molar-refractivity contribution in [3.63, 3.8) is 0 Å². The van der Waals surface area contributed by atoms with E-state index in [1.165, 1.54) is 96.3 Å². The minimum atomic E-state index is -0.614. The van der Waals surface area contributed by atoms with E-state index in [4.69, 9.17) is 42.6 Å². The maximum Gasteiger partial charge on any atom is 0.312 e. The van der Waals surface area contributed by atoms with Gasteiger partial charge in [-0.1, -0.05) is 196 Å². The molecular formula is C116H226O18. The zero-order valence-electron chi connectivity index (χ0n) is 76.0. The van der Waals surface area contributed by atoms with E-state index >= 15 is 0 Å². The summed E-state index contributed by atoms with van der Waals surface area (Å²) in [6, 6.07) is 0. The highest BCUT2D eigenvalue weighted by Gasteiger charge is 2.72. The Labute approximate surface area is 829 Å². The normalized spacial score (nSPS) is 37.0. The molecule has 18 heteroatoms. The fourth-order valence-corrected chi connectivity index (χ4v) is 26.9. The Hall–Kier alpha value is -4.77. The second-order valence-electron chi connectivity index (χ2n) is 45.4. The van der Waals surface area contributed by atoms with E-state index in [1.54, 1.807) is 0 Å². The zero-order chi connectivity index (χ0) is 84.7. The maximum absolute atomic E-state index is 12.6. The molecule has 21 rings (SSSR count). The summed E-state index contributed by atoms with van der Waals surface area (Å²) in [5.41, 5.74) is -4.04. The SMILES string of the molecule is C.C.C.C.C.C.C.C.C.C.C.C.C.C.C.C.C.C.CCC(C)(C)C(=O)OC1(C)C2CC3C(=O)OC1C3C2.CCC(C)(C)C(=O)OC1(C)C2CC3C(=O)OC1C3C2.CCC(C)(C)C(=O)OC1(CC)C2CC3CC(C2)CC1C3.CCC(C)(C)C(=O)OC1(CC)C2CC3CC(C2)CC1C3.CCC(C)(C)C(=O)OC1(CC)C2CC3CC(C2)CC1C3.CCC(C)(C)C(=O)OC1C2CC3C(=O)OC1C3C2. The van der Waals surface area contributed by atoms with Crippen molar-refractivity contribution in [2.75, 3.05) is 0 Å². The summed E-state index contributed by atoms with van der Waals surface area (Å²) in [7, 11) is 0. The molecule has 3 saturated heterocycles. The largest absolute Gasteiger partial charge is 0.458 e. The van der Waals surface area contributed by atoms with Crippen LogP contribution in [0.2, 0.25) is 0 Å². The summed E-state index contributed by atoms with van der Waals surface area (Å²) in [5.74, 6) is 10.6. The Balaban J connectivity index is -0.000000357. The van der Waals surface area contributed by atoms with Gasteiger partial charge in [0.2, 0.25) is 0 Å². The third-order valence-electron chi connectivity index (χ3n) is 36.8. The molecule has 18 saturated carbocycles. The van der Waals surface area contributed by atoms with Crippen molar-refractivity contribution >= 4 is 53.7 Å². The Kier molecular flexibility index (Phi) is 53.0. The minimum Gasteiger partial charge on any atom is -0.458 e. The van der Waals surface area contributed by atoms with Gasteiger partial charge in [0.25, 0.3) is 0 Å². The van der Waals surface area contributed by atoms with Crippen molar-refractivity contribution in [3.05, 3.63) is 0 Å². The number of rotatable bonds is 21. The molecule has 0 amide bonds. The zero-order valence-corrected chi connectivity index (χ0v) is 76.0. The lowest BCUT2D eigenvalue weighted by Gasteiger charge is -2.60. The van der Waals surface area contributed by atoms with Crippen LogP contribution in [-0.2, 0) is 85.8 Å². The molecule has 18 nitrogen and oxygen atoms in total. The standard InChI is InChI=1S/3C18H30O2.2C15H22O4.C14H20O4.18CH4/c3*1-5-17(3,4)16(19)20-18(6-2)14-8-12-7-13(10-14)11-15(18)9-12;2*1-5-14(2,3)13(17)19-15(4)8-6-9-10(7-8)12(16)18-11(9)15;1-4-14(2,3)13(16)18-10-7-5-8-9(6-7)12(15)17-11(8)10;;;;;;;;;;;;;;;;;;/h3*12-15H,5-11H2,1-4H3;2*8-11H,5-7H2,1-4H3;7-11H,4-6H2,1-3H3;18*1H4. The van der Waals surface area contributed by atoms with Crippen LogP contribution in [0.1, 0.15) is 486 Å². The van der Waals surface area contributed by atoms with Crippen LogP contribution in [0.4, 0.5) is 0 Å².